The number of fused-ring (bicyclic) bond motifs is 1. The van der Waals surface area contributed by atoms with Crippen molar-refractivity contribution in [2.24, 2.45) is 5.11 Å². The topological polar surface area (TPSA) is 112 Å². The Hall–Kier alpha value is -2.16. The van der Waals surface area contributed by atoms with Gasteiger partial charge in [0.2, 0.25) is 0 Å². The molecule has 2 saturated heterocycles. The number of nitrogens with zero attached hydrogens (tertiary/aromatic N) is 3. The zero-order valence-electron chi connectivity index (χ0n) is 15.3. The van der Waals surface area contributed by atoms with Crippen LogP contribution in [0.15, 0.2) is 35.4 Å². The van der Waals surface area contributed by atoms with E-state index in [2.05, 4.69) is 10.0 Å². The zero-order valence-corrected chi connectivity index (χ0v) is 15.3. The molecular formula is C18H23N3O6. The summed E-state index contributed by atoms with van der Waals surface area (Å²) in [5.41, 5.74) is 9.74. The van der Waals surface area contributed by atoms with E-state index in [9.17, 15) is 4.79 Å². The number of carbonyl (C=O) groups is 1. The first kappa shape index (κ1) is 19.6. The minimum atomic E-state index is -0.827. The first-order valence-corrected chi connectivity index (χ1v) is 8.94. The highest BCUT2D eigenvalue weighted by Crippen LogP contribution is 2.34. The molecule has 0 saturated carbocycles. The van der Waals surface area contributed by atoms with E-state index in [-0.39, 0.29) is 19.3 Å². The molecule has 0 bridgehead atoms. The van der Waals surface area contributed by atoms with Crippen LogP contribution in [0.2, 0.25) is 0 Å². The lowest BCUT2D eigenvalue weighted by Gasteiger charge is -2.45. The molecule has 6 atom stereocenters. The monoisotopic (exact) mass is 377 g/mol. The summed E-state index contributed by atoms with van der Waals surface area (Å²) in [5, 5.41) is 3.77. The van der Waals surface area contributed by atoms with Crippen LogP contribution >= 0.6 is 0 Å². The highest BCUT2D eigenvalue weighted by Gasteiger charge is 2.47. The van der Waals surface area contributed by atoms with Crippen molar-refractivity contribution in [2.75, 3.05) is 19.8 Å². The molecule has 9 heteroatoms. The third-order valence-corrected chi connectivity index (χ3v) is 4.49. The van der Waals surface area contributed by atoms with Gasteiger partial charge in [-0.3, -0.25) is 0 Å². The molecule has 0 spiro atoms. The van der Waals surface area contributed by atoms with Crippen LogP contribution in [-0.4, -0.2) is 56.2 Å². The van der Waals surface area contributed by atoms with Gasteiger partial charge in [-0.2, -0.15) is 0 Å². The lowest BCUT2D eigenvalue weighted by atomic mass is 9.97. The van der Waals surface area contributed by atoms with Crippen molar-refractivity contribution in [2.45, 2.75) is 50.6 Å². The van der Waals surface area contributed by atoms with E-state index < -0.39 is 36.6 Å². The molecule has 27 heavy (non-hydrogen) atoms. The summed E-state index contributed by atoms with van der Waals surface area (Å²) in [5.74, 6) is -0.480. The summed E-state index contributed by atoms with van der Waals surface area (Å²) >= 11 is 0. The van der Waals surface area contributed by atoms with Gasteiger partial charge in [0.1, 0.15) is 12.2 Å². The van der Waals surface area contributed by atoms with Gasteiger partial charge in [-0.1, -0.05) is 35.4 Å². The Balaban J connectivity index is 1.79. The second kappa shape index (κ2) is 9.16. The van der Waals surface area contributed by atoms with E-state index in [1.165, 1.54) is 0 Å². The largest absolute Gasteiger partial charge is 0.464 e. The Morgan fingerprint density at radius 3 is 2.81 bits per heavy atom. The molecular weight excluding hydrogens is 354 g/mol. The first-order valence-electron chi connectivity index (χ1n) is 8.94. The zero-order chi connectivity index (χ0) is 19.2. The van der Waals surface area contributed by atoms with Crippen molar-refractivity contribution in [3.63, 3.8) is 0 Å². The number of hydrogen-bond donors (Lipinski definition) is 0. The highest BCUT2D eigenvalue weighted by molar-refractivity contribution is 5.74. The van der Waals surface area contributed by atoms with Crippen molar-refractivity contribution in [3.8, 4) is 0 Å². The molecule has 0 amide bonds. The molecule has 3 unspecified atom stereocenters. The van der Waals surface area contributed by atoms with Gasteiger partial charge in [-0.15, -0.1) is 0 Å². The average Bonchev–Trinajstić information content (AvgIpc) is 2.70. The summed E-state index contributed by atoms with van der Waals surface area (Å²) in [6.45, 7) is 4.05. The summed E-state index contributed by atoms with van der Waals surface area (Å²) < 4.78 is 28.5. The van der Waals surface area contributed by atoms with Gasteiger partial charge < -0.3 is 23.7 Å². The standard InChI is InChI=1S/C18H23N3O6/c1-3-23-17(22)11(2)26-15-13(20-21-19)9-24-14-10-25-18(27-16(14)15)12-7-5-4-6-8-12/h4-8,11,13-16,18H,3,9-10H2,1-2H3/t11-,13+,14?,15?,16-,18?/m1/s1. The van der Waals surface area contributed by atoms with E-state index in [0.717, 1.165) is 5.56 Å². The molecule has 0 aromatic heterocycles. The van der Waals surface area contributed by atoms with Gasteiger partial charge in [-0.25, -0.2) is 4.79 Å². The third-order valence-electron chi connectivity index (χ3n) is 4.49. The lowest BCUT2D eigenvalue weighted by Crippen LogP contribution is -2.59. The fourth-order valence-corrected chi connectivity index (χ4v) is 3.18. The second-order valence-corrected chi connectivity index (χ2v) is 6.32. The van der Waals surface area contributed by atoms with Crippen LogP contribution in [0, 0.1) is 0 Å². The van der Waals surface area contributed by atoms with Crippen molar-refractivity contribution >= 4 is 5.97 Å². The summed E-state index contributed by atoms with van der Waals surface area (Å²) in [7, 11) is 0. The van der Waals surface area contributed by atoms with Crippen molar-refractivity contribution in [3.05, 3.63) is 46.3 Å². The number of hydrogen-bond acceptors (Lipinski definition) is 7. The van der Waals surface area contributed by atoms with Gasteiger partial charge in [0.25, 0.3) is 0 Å². The van der Waals surface area contributed by atoms with Crippen LogP contribution in [0.4, 0.5) is 0 Å². The molecule has 0 aliphatic carbocycles. The van der Waals surface area contributed by atoms with Crippen LogP contribution in [0.3, 0.4) is 0 Å². The molecule has 2 aliphatic rings. The molecule has 2 aliphatic heterocycles. The number of benzene rings is 1. The van der Waals surface area contributed by atoms with Gasteiger partial charge in [0.05, 0.1) is 32.0 Å². The average molecular weight is 377 g/mol. The Bertz CT molecular complexity index is 681. The van der Waals surface area contributed by atoms with Gasteiger partial charge in [0.15, 0.2) is 12.4 Å². The molecule has 2 fully saturated rings. The molecule has 0 N–H and O–H groups in total. The minimum Gasteiger partial charge on any atom is -0.464 e. The molecule has 3 rings (SSSR count). The van der Waals surface area contributed by atoms with E-state index >= 15 is 0 Å². The van der Waals surface area contributed by atoms with E-state index in [4.69, 9.17) is 29.2 Å². The second-order valence-electron chi connectivity index (χ2n) is 6.32. The predicted octanol–water partition coefficient (Wildman–Crippen LogP) is 2.52. The number of rotatable bonds is 6. The third kappa shape index (κ3) is 4.58. The van der Waals surface area contributed by atoms with Crippen LogP contribution in [0.1, 0.15) is 25.7 Å². The quantitative estimate of drug-likeness (QED) is 0.326. The SMILES string of the molecule is CCOC(=O)[C@@H](C)OC1[C@@H]2OC(c3ccccc3)OCC2OC[C@@H]1N=[N+]=[N-]. The Morgan fingerprint density at radius 1 is 1.33 bits per heavy atom. The molecule has 9 nitrogen and oxygen atoms in total. The normalized spacial score (nSPS) is 31.3. The van der Waals surface area contributed by atoms with Gasteiger partial charge in [0, 0.05) is 10.5 Å². The lowest BCUT2D eigenvalue weighted by molar-refractivity contribution is -0.309. The van der Waals surface area contributed by atoms with Crippen molar-refractivity contribution in [1.29, 1.82) is 0 Å². The van der Waals surface area contributed by atoms with Crippen molar-refractivity contribution < 1.29 is 28.5 Å². The molecule has 0 radical (unpaired) electrons. The Labute approximate surface area is 157 Å². The predicted molar refractivity (Wildman–Crippen MR) is 93.7 cm³/mol. The van der Waals surface area contributed by atoms with Crippen LogP contribution in [0.5, 0.6) is 0 Å². The molecule has 1 aromatic carbocycles. The smallest absolute Gasteiger partial charge is 0.334 e. The van der Waals surface area contributed by atoms with Gasteiger partial charge in [-0.05, 0) is 19.4 Å². The highest BCUT2D eigenvalue weighted by atomic mass is 16.7. The van der Waals surface area contributed by atoms with Gasteiger partial charge >= 0.3 is 5.97 Å². The van der Waals surface area contributed by atoms with E-state index in [1.54, 1.807) is 13.8 Å². The minimum absolute atomic E-state index is 0.161. The molecule has 2 heterocycles. The molecule has 1 aromatic rings. The number of carbonyl (C=O) groups excluding carboxylic acids is 1. The summed E-state index contributed by atoms with van der Waals surface area (Å²) in [6, 6.07) is 8.87. The number of esters is 1. The maximum absolute atomic E-state index is 12.0. The maximum Gasteiger partial charge on any atom is 0.334 e. The van der Waals surface area contributed by atoms with Crippen LogP contribution in [0.25, 0.3) is 10.4 Å². The summed E-state index contributed by atoms with van der Waals surface area (Å²) in [4.78, 5) is 14.9. The Morgan fingerprint density at radius 2 is 2.11 bits per heavy atom. The Kier molecular flexibility index (Phi) is 6.65. The fraction of sp³-hybridized carbons (Fsp3) is 0.611. The van der Waals surface area contributed by atoms with E-state index in [0.29, 0.717) is 6.61 Å². The maximum atomic E-state index is 12.0. The van der Waals surface area contributed by atoms with Crippen LogP contribution < -0.4 is 0 Å². The number of azide groups is 1. The van der Waals surface area contributed by atoms with Crippen molar-refractivity contribution in [1.82, 2.24) is 0 Å². The summed E-state index contributed by atoms with van der Waals surface area (Å²) in [6.07, 6.45) is -3.01. The molecule has 146 valence electrons. The fourth-order valence-electron chi connectivity index (χ4n) is 3.18. The number of ether oxygens (including phenoxy) is 5. The van der Waals surface area contributed by atoms with Crippen LogP contribution in [-0.2, 0) is 28.5 Å². The first-order chi connectivity index (χ1) is 13.1. The van der Waals surface area contributed by atoms with E-state index in [1.807, 2.05) is 30.3 Å².